The number of benzene rings is 3. The molecule has 2 heterocycles. The largest absolute Gasteiger partial charge is 0.493 e. The van der Waals surface area contributed by atoms with Gasteiger partial charge in [0, 0.05) is 17.1 Å². The first kappa shape index (κ1) is 19.3. The van der Waals surface area contributed by atoms with Crippen molar-refractivity contribution in [2.75, 3.05) is 12.4 Å². The number of ether oxygens (including phenoxy) is 2. The molecule has 0 amide bonds. The van der Waals surface area contributed by atoms with E-state index in [4.69, 9.17) is 9.47 Å². The Bertz CT molecular complexity index is 1330. The van der Waals surface area contributed by atoms with Crippen molar-refractivity contribution in [3.05, 3.63) is 77.6 Å². The van der Waals surface area contributed by atoms with Gasteiger partial charge in [-0.2, -0.15) is 0 Å². The van der Waals surface area contributed by atoms with E-state index in [9.17, 15) is 0 Å². The molecule has 0 atom stereocenters. The average molecular weight is 429 g/mol. The van der Waals surface area contributed by atoms with Gasteiger partial charge in [-0.15, -0.1) is 11.3 Å². The summed E-state index contributed by atoms with van der Waals surface area (Å²) in [6.45, 7) is 2.42. The minimum atomic E-state index is 0.357. The fraction of sp³-hybridized carbons (Fsp3) is 0.125. The second-order valence-corrected chi connectivity index (χ2v) is 8.21. The zero-order valence-electron chi connectivity index (χ0n) is 17.1. The van der Waals surface area contributed by atoms with E-state index in [0.29, 0.717) is 23.9 Å². The Morgan fingerprint density at radius 2 is 1.77 bits per heavy atom. The van der Waals surface area contributed by atoms with Gasteiger partial charge < -0.3 is 14.8 Å². The van der Waals surface area contributed by atoms with Gasteiger partial charge in [0.05, 0.1) is 22.8 Å². The zero-order valence-corrected chi connectivity index (χ0v) is 17.9. The molecule has 5 aromatic rings. The summed E-state index contributed by atoms with van der Waals surface area (Å²) >= 11 is 1.63. The van der Waals surface area contributed by atoms with Crippen LogP contribution < -0.4 is 14.8 Å². The lowest BCUT2D eigenvalue weighted by Gasteiger charge is -2.13. The van der Waals surface area contributed by atoms with E-state index in [2.05, 4.69) is 45.4 Å². The van der Waals surface area contributed by atoms with Crippen LogP contribution in [0.5, 0.6) is 11.5 Å². The second-order valence-electron chi connectivity index (χ2n) is 7.10. The Kier molecular flexibility index (Phi) is 5.09. The summed E-state index contributed by atoms with van der Waals surface area (Å²) in [6.07, 6.45) is 1.54. The molecule has 7 heteroatoms. The van der Waals surface area contributed by atoms with Gasteiger partial charge >= 0.3 is 0 Å². The maximum atomic E-state index is 6.11. The van der Waals surface area contributed by atoms with Crippen LogP contribution in [0.25, 0.3) is 21.1 Å². The Labute approximate surface area is 183 Å². The molecule has 0 fully saturated rings. The van der Waals surface area contributed by atoms with Crippen LogP contribution in [0.15, 0.2) is 67.0 Å². The van der Waals surface area contributed by atoms with E-state index in [1.165, 1.54) is 5.56 Å². The van der Waals surface area contributed by atoms with Crippen LogP contribution in [0.4, 0.5) is 11.5 Å². The fourth-order valence-corrected chi connectivity index (χ4v) is 4.21. The number of rotatable bonds is 6. The van der Waals surface area contributed by atoms with Crippen molar-refractivity contribution in [1.82, 2.24) is 15.0 Å². The van der Waals surface area contributed by atoms with Gasteiger partial charge in [-0.25, -0.2) is 15.0 Å². The predicted octanol–water partition coefficient (Wildman–Crippen LogP) is 5.88. The molecular weight excluding hydrogens is 408 g/mol. The van der Waals surface area contributed by atoms with Crippen LogP contribution in [0.3, 0.4) is 0 Å². The van der Waals surface area contributed by atoms with E-state index < -0.39 is 0 Å². The molecule has 6 nitrogen and oxygen atoms in total. The third-order valence-corrected chi connectivity index (χ3v) is 5.93. The number of fused-ring (bicyclic) bond motifs is 2. The molecule has 0 saturated carbocycles. The highest BCUT2D eigenvalue weighted by atomic mass is 32.1. The lowest BCUT2D eigenvalue weighted by molar-refractivity contribution is 0.285. The van der Waals surface area contributed by atoms with Crippen LogP contribution in [-0.4, -0.2) is 22.1 Å². The van der Waals surface area contributed by atoms with Crippen molar-refractivity contribution in [1.29, 1.82) is 0 Å². The van der Waals surface area contributed by atoms with Crippen molar-refractivity contribution in [3.63, 3.8) is 0 Å². The highest BCUT2D eigenvalue weighted by molar-refractivity contribution is 7.18. The molecule has 0 spiro atoms. The second kappa shape index (κ2) is 8.20. The smallest absolute Gasteiger partial charge is 0.162 e. The van der Waals surface area contributed by atoms with Crippen molar-refractivity contribution < 1.29 is 9.47 Å². The molecule has 31 heavy (non-hydrogen) atoms. The molecule has 0 aliphatic carbocycles. The summed E-state index contributed by atoms with van der Waals surface area (Å²) < 4.78 is 12.8. The van der Waals surface area contributed by atoms with E-state index >= 15 is 0 Å². The molecule has 0 bridgehead atoms. The van der Waals surface area contributed by atoms with Crippen molar-refractivity contribution >= 4 is 44.0 Å². The van der Waals surface area contributed by atoms with Gasteiger partial charge in [-0.1, -0.05) is 29.8 Å². The zero-order chi connectivity index (χ0) is 21.2. The summed E-state index contributed by atoms with van der Waals surface area (Å²) in [5.74, 6) is 1.95. The number of para-hydroxylation sites is 1. The molecule has 5 rings (SSSR count). The van der Waals surface area contributed by atoms with Gasteiger partial charge in [-0.3, -0.25) is 0 Å². The molecule has 2 aromatic heterocycles. The van der Waals surface area contributed by atoms with E-state index in [0.717, 1.165) is 31.8 Å². The van der Waals surface area contributed by atoms with Crippen molar-refractivity contribution in [3.8, 4) is 11.5 Å². The highest BCUT2D eigenvalue weighted by Crippen LogP contribution is 2.35. The molecule has 0 radical (unpaired) electrons. The first-order chi connectivity index (χ1) is 15.2. The molecule has 0 unspecified atom stereocenters. The number of hydrogen-bond donors (Lipinski definition) is 1. The predicted molar refractivity (Wildman–Crippen MR) is 125 cm³/mol. The number of nitrogens with one attached hydrogen (secondary N) is 1. The monoisotopic (exact) mass is 428 g/mol. The van der Waals surface area contributed by atoms with Gasteiger partial charge in [0.2, 0.25) is 0 Å². The third-order valence-electron chi connectivity index (χ3n) is 4.92. The highest BCUT2D eigenvalue weighted by Gasteiger charge is 2.13. The van der Waals surface area contributed by atoms with E-state index in [-0.39, 0.29) is 0 Å². The van der Waals surface area contributed by atoms with Gasteiger partial charge in [0.25, 0.3) is 0 Å². The number of hydrogen-bond acceptors (Lipinski definition) is 7. The number of thiazole rings is 1. The van der Waals surface area contributed by atoms with Crippen LogP contribution in [-0.2, 0) is 6.61 Å². The number of aryl methyl sites for hydroxylation is 1. The Morgan fingerprint density at radius 1 is 0.935 bits per heavy atom. The molecule has 154 valence electrons. The van der Waals surface area contributed by atoms with Crippen LogP contribution in [0.2, 0.25) is 0 Å². The first-order valence-corrected chi connectivity index (χ1v) is 10.6. The standard InChI is InChI=1S/C24H20N4O2S/c1-15-7-9-16(10-8-15)27-24-17-11-21(20(29-2)12-19(17)25-14-26-24)30-13-23-28-18-5-3-4-6-22(18)31-23/h3-12,14H,13H2,1-2H3,(H,25,26,27). The van der Waals surface area contributed by atoms with Gasteiger partial charge in [0.1, 0.15) is 23.8 Å². The van der Waals surface area contributed by atoms with Crippen LogP contribution >= 0.6 is 11.3 Å². The van der Waals surface area contributed by atoms with E-state index in [1.807, 2.05) is 42.5 Å². The molecule has 0 saturated heterocycles. The lowest BCUT2D eigenvalue weighted by Crippen LogP contribution is -2.00. The lowest BCUT2D eigenvalue weighted by atomic mass is 10.2. The summed E-state index contributed by atoms with van der Waals surface area (Å²) in [6, 6.07) is 20.0. The van der Waals surface area contributed by atoms with Crippen LogP contribution in [0.1, 0.15) is 10.6 Å². The summed E-state index contributed by atoms with van der Waals surface area (Å²) in [7, 11) is 1.62. The minimum Gasteiger partial charge on any atom is -0.493 e. The molecule has 0 aliphatic rings. The Morgan fingerprint density at radius 3 is 2.58 bits per heavy atom. The number of aromatic nitrogens is 3. The summed E-state index contributed by atoms with van der Waals surface area (Å²) in [5, 5.41) is 5.13. The molecule has 1 N–H and O–H groups in total. The molecular formula is C24H20N4O2S. The number of nitrogens with zero attached hydrogens (tertiary/aromatic N) is 3. The normalized spacial score (nSPS) is 11.0. The Hall–Kier alpha value is -3.71. The first-order valence-electron chi connectivity index (χ1n) is 9.83. The topological polar surface area (TPSA) is 69.2 Å². The van der Waals surface area contributed by atoms with Crippen molar-refractivity contribution in [2.24, 2.45) is 0 Å². The van der Waals surface area contributed by atoms with Crippen molar-refractivity contribution in [2.45, 2.75) is 13.5 Å². The third kappa shape index (κ3) is 4.00. The summed E-state index contributed by atoms with van der Waals surface area (Å²) in [4.78, 5) is 13.5. The number of methoxy groups -OCH3 is 1. The SMILES string of the molecule is COc1cc2ncnc(Nc3ccc(C)cc3)c2cc1OCc1nc2ccccc2s1. The Balaban J connectivity index is 1.47. The van der Waals surface area contributed by atoms with E-state index in [1.54, 1.807) is 24.8 Å². The minimum absolute atomic E-state index is 0.357. The van der Waals surface area contributed by atoms with Crippen LogP contribution in [0, 0.1) is 6.92 Å². The number of anilines is 2. The average Bonchev–Trinajstić information content (AvgIpc) is 3.22. The van der Waals surface area contributed by atoms with Gasteiger partial charge in [0.15, 0.2) is 11.5 Å². The maximum Gasteiger partial charge on any atom is 0.162 e. The molecule has 0 aliphatic heterocycles. The maximum absolute atomic E-state index is 6.11. The fourth-order valence-electron chi connectivity index (χ4n) is 3.33. The van der Waals surface area contributed by atoms with Gasteiger partial charge in [-0.05, 0) is 37.3 Å². The molecule has 3 aromatic carbocycles. The quantitative estimate of drug-likeness (QED) is 0.364. The summed E-state index contributed by atoms with van der Waals surface area (Å²) in [5.41, 5.74) is 3.91.